The number of aryl methyl sites for hydroxylation is 1. The van der Waals surface area contributed by atoms with Crippen molar-refractivity contribution in [3.63, 3.8) is 0 Å². The summed E-state index contributed by atoms with van der Waals surface area (Å²) in [5.41, 5.74) is 3.54. The van der Waals surface area contributed by atoms with Crippen LogP contribution in [-0.4, -0.2) is 23.9 Å². The normalized spacial score (nSPS) is 17.0. The average molecular weight is 371 g/mol. The predicted molar refractivity (Wildman–Crippen MR) is 107 cm³/mol. The number of carbonyl (C=O) groups excluding carboxylic acids is 1. The average Bonchev–Trinajstić information content (AvgIpc) is 2.64. The van der Waals surface area contributed by atoms with Gasteiger partial charge in [-0.05, 0) is 57.0 Å². The molecule has 2 aromatic carbocycles. The summed E-state index contributed by atoms with van der Waals surface area (Å²) in [4.78, 5) is 15.0. The van der Waals surface area contributed by atoms with Gasteiger partial charge in [-0.1, -0.05) is 59.6 Å². The number of amides is 1. The molecule has 0 spiro atoms. The molecule has 3 nitrogen and oxygen atoms in total. The summed E-state index contributed by atoms with van der Waals surface area (Å²) < 4.78 is 0. The lowest BCUT2D eigenvalue weighted by molar-refractivity contribution is -0.127. The molecule has 26 heavy (non-hydrogen) atoms. The van der Waals surface area contributed by atoms with E-state index in [4.69, 9.17) is 11.6 Å². The van der Waals surface area contributed by atoms with Gasteiger partial charge in [0, 0.05) is 17.5 Å². The number of hydrogen-bond acceptors (Lipinski definition) is 2. The van der Waals surface area contributed by atoms with E-state index in [2.05, 4.69) is 54.4 Å². The number of halogens is 1. The molecule has 0 radical (unpaired) electrons. The van der Waals surface area contributed by atoms with Gasteiger partial charge in [-0.2, -0.15) is 0 Å². The summed E-state index contributed by atoms with van der Waals surface area (Å²) in [5, 5.41) is 4.00. The number of nitrogens with one attached hydrogen (secondary N) is 1. The topological polar surface area (TPSA) is 32.3 Å². The van der Waals surface area contributed by atoms with Crippen molar-refractivity contribution in [1.29, 1.82) is 0 Å². The molecular weight excluding hydrogens is 344 g/mol. The number of rotatable bonds is 5. The van der Waals surface area contributed by atoms with Crippen LogP contribution in [-0.2, 0) is 11.3 Å². The number of hydrogen-bond donors (Lipinski definition) is 1. The van der Waals surface area contributed by atoms with E-state index in [1.807, 2.05) is 18.2 Å². The number of carbonyl (C=O) groups is 1. The highest BCUT2D eigenvalue weighted by molar-refractivity contribution is 6.31. The molecule has 1 saturated heterocycles. The second kappa shape index (κ2) is 8.70. The smallest absolute Gasteiger partial charge is 0.223 e. The summed E-state index contributed by atoms with van der Waals surface area (Å²) in [7, 11) is 0. The Morgan fingerprint density at radius 2 is 1.81 bits per heavy atom. The van der Waals surface area contributed by atoms with Gasteiger partial charge in [-0.25, -0.2) is 0 Å². The molecule has 1 amide bonds. The van der Waals surface area contributed by atoms with Crippen LogP contribution >= 0.6 is 11.6 Å². The second-order valence-electron chi connectivity index (χ2n) is 7.28. The Morgan fingerprint density at radius 1 is 1.15 bits per heavy atom. The van der Waals surface area contributed by atoms with E-state index in [1.165, 1.54) is 5.56 Å². The van der Waals surface area contributed by atoms with E-state index in [0.717, 1.165) is 48.6 Å². The molecule has 1 aliphatic heterocycles. The highest BCUT2D eigenvalue weighted by Crippen LogP contribution is 2.23. The van der Waals surface area contributed by atoms with Crippen molar-refractivity contribution >= 4 is 17.5 Å². The van der Waals surface area contributed by atoms with Crippen molar-refractivity contribution in [2.75, 3.05) is 13.1 Å². The van der Waals surface area contributed by atoms with Crippen LogP contribution in [0.3, 0.4) is 0 Å². The molecule has 1 heterocycles. The molecule has 3 rings (SSSR count). The summed E-state index contributed by atoms with van der Waals surface area (Å²) in [6.45, 7) is 6.84. The van der Waals surface area contributed by atoms with Gasteiger partial charge >= 0.3 is 0 Å². The van der Waals surface area contributed by atoms with Crippen LogP contribution in [0.1, 0.15) is 42.5 Å². The van der Waals surface area contributed by atoms with Crippen molar-refractivity contribution in [3.8, 4) is 0 Å². The first-order valence-electron chi connectivity index (χ1n) is 9.35. The molecule has 1 aliphatic rings. The summed E-state index contributed by atoms with van der Waals surface area (Å²) in [6, 6.07) is 16.4. The predicted octanol–water partition coefficient (Wildman–Crippen LogP) is 4.74. The van der Waals surface area contributed by atoms with Gasteiger partial charge in [0.1, 0.15) is 0 Å². The Balaban J connectivity index is 1.49. The van der Waals surface area contributed by atoms with Crippen molar-refractivity contribution in [1.82, 2.24) is 10.2 Å². The first-order chi connectivity index (χ1) is 12.5. The molecule has 1 fully saturated rings. The van der Waals surface area contributed by atoms with Gasteiger partial charge in [0.05, 0.1) is 6.04 Å². The third kappa shape index (κ3) is 4.87. The van der Waals surface area contributed by atoms with Crippen LogP contribution < -0.4 is 5.32 Å². The summed E-state index contributed by atoms with van der Waals surface area (Å²) in [5.74, 6) is 0.279. The lowest BCUT2D eigenvalue weighted by Gasteiger charge is -2.32. The first kappa shape index (κ1) is 18.9. The summed E-state index contributed by atoms with van der Waals surface area (Å²) in [6.07, 6.45) is 1.80. The van der Waals surface area contributed by atoms with E-state index in [1.54, 1.807) is 0 Å². The van der Waals surface area contributed by atoms with Crippen LogP contribution in [0.2, 0.25) is 5.02 Å². The third-order valence-electron chi connectivity index (χ3n) is 5.25. The second-order valence-corrected chi connectivity index (χ2v) is 7.69. The molecule has 4 heteroatoms. The minimum atomic E-state index is 0.0456. The lowest BCUT2D eigenvalue weighted by Crippen LogP contribution is -2.40. The molecule has 1 unspecified atom stereocenters. The zero-order chi connectivity index (χ0) is 18.5. The molecule has 1 atom stereocenters. The highest BCUT2D eigenvalue weighted by Gasteiger charge is 2.26. The first-order valence-corrected chi connectivity index (χ1v) is 9.73. The fourth-order valence-corrected chi connectivity index (χ4v) is 3.69. The SMILES string of the molecule is Cc1ccc(C(C)NC(=O)C2CCN(Cc3ccccc3Cl)CC2)cc1. The van der Waals surface area contributed by atoms with Crippen LogP contribution in [0, 0.1) is 12.8 Å². The minimum absolute atomic E-state index is 0.0456. The maximum Gasteiger partial charge on any atom is 0.223 e. The molecule has 1 N–H and O–H groups in total. The van der Waals surface area contributed by atoms with Gasteiger partial charge in [-0.3, -0.25) is 9.69 Å². The Hall–Kier alpha value is -1.84. The van der Waals surface area contributed by atoms with Crippen LogP contribution in [0.25, 0.3) is 0 Å². The van der Waals surface area contributed by atoms with Crippen molar-refractivity contribution in [2.24, 2.45) is 5.92 Å². The molecule has 0 saturated carbocycles. The third-order valence-corrected chi connectivity index (χ3v) is 5.62. The molecule has 0 aliphatic carbocycles. The van der Waals surface area contributed by atoms with E-state index < -0.39 is 0 Å². The Kier molecular flexibility index (Phi) is 6.33. The molecular formula is C22H27ClN2O. The van der Waals surface area contributed by atoms with Gasteiger partial charge in [0.25, 0.3) is 0 Å². The van der Waals surface area contributed by atoms with E-state index in [9.17, 15) is 4.79 Å². The number of likely N-dealkylation sites (tertiary alicyclic amines) is 1. The molecule has 138 valence electrons. The van der Waals surface area contributed by atoms with E-state index >= 15 is 0 Å². The molecule has 0 aromatic heterocycles. The van der Waals surface area contributed by atoms with Crippen molar-refractivity contribution in [2.45, 2.75) is 39.3 Å². The maximum absolute atomic E-state index is 12.6. The van der Waals surface area contributed by atoms with E-state index in [-0.39, 0.29) is 17.9 Å². The minimum Gasteiger partial charge on any atom is -0.349 e. The highest BCUT2D eigenvalue weighted by atomic mass is 35.5. The van der Waals surface area contributed by atoms with Crippen molar-refractivity contribution < 1.29 is 4.79 Å². The number of nitrogens with zero attached hydrogens (tertiary/aromatic N) is 1. The monoisotopic (exact) mass is 370 g/mol. The van der Waals surface area contributed by atoms with Gasteiger partial charge in [-0.15, -0.1) is 0 Å². The zero-order valence-electron chi connectivity index (χ0n) is 15.5. The Morgan fingerprint density at radius 3 is 2.46 bits per heavy atom. The van der Waals surface area contributed by atoms with Crippen LogP contribution in [0.15, 0.2) is 48.5 Å². The fourth-order valence-electron chi connectivity index (χ4n) is 3.49. The number of piperidine rings is 1. The maximum atomic E-state index is 12.6. The van der Waals surface area contributed by atoms with Gasteiger partial charge < -0.3 is 5.32 Å². The number of benzene rings is 2. The molecule has 2 aromatic rings. The van der Waals surface area contributed by atoms with E-state index in [0.29, 0.717) is 0 Å². The van der Waals surface area contributed by atoms with Gasteiger partial charge in [0.15, 0.2) is 0 Å². The van der Waals surface area contributed by atoms with Crippen molar-refractivity contribution in [3.05, 3.63) is 70.2 Å². The summed E-state index contributed by atoms with van der Waals surface area (Å²) >= 11 is 6.26. The molecule has 0 bridgehead atoms. The Bertz CT molecular complexity index is 736. The standard InChI is InChI=1S/C22H27ClN2O/c1-16-7-9-18(10-8-16)17(2)24-22(26)19-11-13-25(14-12-19)15-20-5-3-4-6-21(20)23/h3-10,17,19H,11-15H2,1-2H3,(H,24,26). The fraction of sp³-hybridized carbons (Fsp3) is 0.409. The quantitative estimate of drug-likeness (QED) is 0.824. The van der Waals surface area contributed by atoms with Crippen LogP contribution in [0.5, 0.6) is 0 Å². The Labute approximate surface area is 161 Å². The lowest BCUT2D eigenvalue weighted by atomic mass is 9.94. The zero-order valence-corrected chi connectivity index (χ0v) is 16.3. The largest absolute Gasteiger partial charge is 0.349 e. The van der Waals surface area contributed by atoms with Crippen LogP contribution in [0.4, 0.5) is 0 Å². The van der Waals surface area contributed by atoms with Gasteiger partial charge in [0.2, 0.25) is 5.91 Å².